The van der Waals surface area contributed by atoms with E-state index in [1.54, 1.807) is 14.2 Å². The Morgan fingerprint density at radius 2 is 1.70 bits per heavy atom. The largest absolute Gasteiger partial charge is 0.497 e. The number of nitrogens with zero attached hydrogens (tertiary/aromatic N) is 1. The van der Waals surface area contributed by atoms with Crippen molar-refractivity contribution in [1.82, 2.24) is 0 Å². The summed E-state index contributed by atoms with van der Waals surface area (Å²) >= 11 is 0. The summed E-state index contributed by atoms with van der Waals surface area (Å²) in [6.07, 6.45) is 3.55. The molecule has 5 nitrogen and oxygen atoms in total. The third-order valence-electron chi connectivity index (χ3n) is 4.98. The van der Waals surface area contributed by atoms with Crippen LogP contribution < -0.4 is 19.7 Å². The predicted octanol–water partition coefficient (Wildman–Crippen LogP) is 4.18. The van der Waals surface area contributed by atoms with Crippen LogP contribution in [0.1, 0.15) is 30.4 Å². The molecule has 0 spiro atoms. The van der Waals surface area contributed by atoms with Gasteiger partial charge in [0.15, 0.2) is 0 Å². The quantitative estimate of drug-likeness (QED) is 0.796. The molecule has 0 aromatic heterocycles. The highest BCUT2D eigenvalue weighted by Gasteiger charge is 2.14. The van der Waals surface area contributed by atoms with E-state index in [1.807, 2.05) is 24.3 Å². The van der Waals surface area contributed by atoms with Crippen molar-refractivity contribution in [3.8, 4) is 11.5 Å². The summed E-state index contributed by atoms with van der Waals surface area (Å²) in [4.78, 5) is 14.8. The van der Waals surface area contributed by atoms with Crippen molar-refractivity contribution in [2.75, 3.05) is 37.5 Å². The zero-order chi connectivity index (χ0) is 19.2. The fourth-order valence-corrected chi connectivity index (χ4v) is 3.54. The fourth-order valence-electron chi connectivity index (χ4n) is 3.54. The van der Waals surface area contributed by atoms with Crippen LogP contribution in [-0.4, -0.2) is 33.2 Å². The summed E-state index contributed by atoms with van der Waals surface area (Å²) < 4.78 is 10.6. The summed E-state index contributed by atoms with van der Waals surface area (Å²) in [5, 5.41) is 3.01. The highest BCUT2D eigenvalue weighted by Crippen LogP contribution is 2.27. The van der Waals surface area contributed by atoms with Gasteiger partial charge in [-0.15, -0.1) is 0 Å². The Bertz CT molecular complexity index is 776. The van der Waals surface area contributed by atoms with Crippen LogP contribution in [0, 0.1) is 6.92 Å². The Morgan fingerprint density at radius 1 is 1.04 bits per heavy atom. The number of carbonyl (C=O) groups excluding carboxylic acids is 1. The Labute approximate surface area is 161 Å². The molecule has 1 amide bonds. The molecule has 0 bridgehead atoms. The second-order valence-corrected chi connectivity index (χ2v) is 6.96. The smallest absolute Gasteiger partial charge is 0.224 e. The Kier molecular flexibility index (Phi) is 6.22. The summed E-state index contributed by atoms with van der Waals surface area (Å²) in [5.74, 6) is 1.47. The van der Waals surface area contributed by atoms with Crippen LogP contribution in [-0.2, 0) is 11.2 Å². The number of methoxy groups -OCH3 is 2. The van der Waals surface area contributed by atoms with E-state index in [1.165, 1.54) is 24.1 Å². The van der Waals surface area contributed by atoms with Crippen LogP contribution in [0.3, 0.4) is 0 Å². The molecular weight excluding hydrogens is 340 g/mol. The van der Waals surface area contributed by atoms with E-state index in [4.69, 9.17) is 9.47 Å². The minimum absolute atomic E-state index is 0.00473. The molecule has 144 valence electrons. The lowest BCUT2D eigenvalue weighted by Gasteiger charge is -2.20. The number of hydrogen-bond acceptors (Lipinski definition) is 4. The summed E-state index contributed by atoms with van der Waals surface area (Å²) in [7, 11) is 3.25. The minimum Gasteiger partial charge on any atom is -0.497 e. The van der Waals surface area contributed by atoms with Crippen molar-refractivity contribution in [2.24, 2.45) is 0 Å². The first-order valence-electron chi connectivity index (χ1n) is 9.46. The molecule has 3 rings (SSSR count). The van der Waals surface area contributed by atoms with Gasteiger partial charge in [-0.05, 0) is 67.6 Å². The van der Waals surface area contributed by atoms with Crippen molar-refractivity contribution in [2.45, 2.75) is 32.6 Å². The number of anilines is 2. The lowest BCUT2D eigenvalue weighted by atomic mass is 10.1. The first-order chi connectivity index (χ1) is 13.1. The molecule has 2 aromatic carbocycles. The van der Waals surface area contributed by atoms with E-state index in [9.17, 15) is 4.79 Å². The van der Waals surface area contributed by atoms with Crippen molar-refractivity contribution in [3.63, 3.8) is 0 Å². The van der Waals surface area contributed by atoms with Gasteiger partial charge in [0, 0.05) is 37.0 Å². The second-order valence-electron chi connectivity index (χ2n) is 6.96. The summed E-state index contributed by atoms with van der Waals surface area (Å²) in [5.41, 5.74) is 4.34. The maximum atomic E-state index is 12.4. The van der Waals surface area contributed by atoms with E-state index in [0.29, 0.717) is 12.8 Å². The molecule has 1 fully saturated rings. The van der Waals surface area contributed by atoms with E-state index in [-0.39, 0.29) is 5.91 Å². The molecule has 1 aliphatic rings. The normalized spacial score (nSPS) is 13.5. The first kappa shape index (κ1) is 19.1. The van der Waals surface area contributed by atoms with Crippen LogP contribution in [0.15, 0.2) is 36.4 Å². The number of amides is 1. The van der Waals surface area contributed by atoms with Crippen LogP contribution in [0.25, 0.3) is 0 Å². The Balaban J connectivity index is 1.58. The lowest BCUT2D eigenvalue weighted by molar-refractivity contribution is -0.116. The third-order valence-corrected chi connectivity index (χ3v) is 4.98. The van der Waals surface area contributed by atoms with E-state index < -0.39 is 0 Å². The molecule has 1 saturated heterocycles. The summed E-state index contributed by atoms with van der Waals surface area (Å²) in [6.45, 7) is 4.35. The first-order valence-corrected chi connectivity index (χ1v) is 9.46. The highest BCUT2D eigenvalue weighted by atomic mass is 16.5. The molecule has 0 aliphatic carbocycles. The standard InChI is InChI=1S/C22H28N2O3/c1-16-12-18(7-8-21(16)24-10-4-5-11-24)23-22(25)9-6-17-13-19(26-2)15-20(14-17)27-3/h7-8,12-15H,4-6,9-11H2,1-3H3,(H,23,25). The molecule has 0 saturated carbocycles. The molecule has 27 heavy (non-hydrogen) atoms. The van der Waals surface area contributed by atoms with E-state index in [0.717, 1.165) is 35.8 Å². The summed E-state index contributed by atoms with van der Waals surface area (Å²) in [6, 6.07) is 11.9. The highest BCUT2D eigenvalue weighted by molar-refractivity contribution is 5.91. The molecule has 5 heteroatoms. The average molecular weight is 368 g/mol. The van der Waals surface area contributed by atoms with Gasteiger partial charge in [0.05, 0.1) is 14.2 Å². The van der Waals surface area contributed by atoms with Crippen molar-refractivity contribution in [3.05, 3.63) is 47.5 Å². The van der Waals surface area contributed by atoms with Crippen molar-refractivity contribution < 1.29 is 14.3 Å². The molecule has 2 aromatic rings. The van der Waals surface area contributed by atoms with Gasteiger partial charge in [0.1, 0.15) is 11.5 Å². The molecule has 1 N–H and O–H groups in total. The van der Waals surface area contributed by atoms with Gasteiger partial charge < -0.3 is 19.7 Å². The van der Waals surface area contributed by atoms with Crippen LogP contribution in [0.4, 0.5) is 11.4 Å². The van der Waals surface area contributed by atoms with Gasteiger partial charge in [-0.3, -0.25) is 4.79 Å². The van der Waals surface area contributed by atoms with Crippen molar-refractivity contribution in [1.29, 1.82) is 0 Å². The predicted molar refractivity (Wildman–Crippen MR) is 109 cm³/mol. The topological polar surface area (TPSA) is 50.8 Å². The fraction of sp³-hybridized carbons (Fsp3) is 0.409. The lowest BCUT2D eigenvalue weighted by Crippen LogP contribution is -2.19. The number of carbonyl (C=O) groups is 1. The zero-order valence-electron chi connectivity index (χ0n) is 16.4. The second kappa shape index (κ2) is 8.80. The molecule has 1 aliphatic heterocycles. The number of rotatable bonds is 7. The molecular formula is C22H28N2O3. The Morgan fingerprint density at radius 3 is 2.30 bits per heavy atom. The van der Waals surface area contributed by atoms with Gasteiger partial charge in [0.25, 0.3) is 0 Å². The monoisotopic (exact) mass is 368 g/mol. The minimum atomic E-state index is 0.00473. The number of aryl methyl sites for hydroxylation is 2. The average Bonchev–Trinajstić information content (AvgIpc) is 3.20. The zero-order valence-corrected chi connectivity index (χ0v) is 16.4. The number of nitrogens with one attached hydrogen (secondary N) is 1. The molecule has 0 atom stereocenters. The SMILES string of the molecule is COc1cc(CCC(=O)Nc2ccc(N3CCCC3)c(C)c2)cc(OC)c1. The maximum Gasteiger partial charge on any atom is 0.224 e. The number of hydrogen-bond donors (Lipinski definition) is 1. The Hall–Kier alpha value is -2.69. The van der Waals surface area contributed by atoms with Gasteiger partial charge in [-0.25, -0.2) is 0 Å². The van der Waals surface area contributed by atoms with Gasteiger partial charge in [0.2, 0.25) is 5.91 Å². The van der Waals surface area contributed by atoms with Crippen LogP contribution >= 0.6 is 0 Å². The van der Waals surface area contributed by atoms with Gasteiger partial charge in [-0.2, -0.15) is 0 Å². The van der Waals surface area contributed by atoms with E-state index in [2.05, 4.69) is 29.3 Å². The number of ether oxygens (including phenoxy) is 2. The molecule has 0 unspecified atom stereocenters. The van der Waals surface area contributed by atoms with E-state index >= 15 is 0 Å². The van der Waals surface area contributed by atoms with Crippen molar-refractivity contribution >= 4 is 17.3 Å². The molecule has 1 heterocycles. The van der Waals surface area contributed by atoms with Gasteiger partial charge in [-0.1, -0.05) is 0 Å². The van der Waals surface area contributed by atoms with Crippen LogP contribution in [0.5, 0.6) is 11.5 Å². The third kappa shape index (κ3) is 4.94. The maximum absolute atomic E-state index is 12.4. The van der Waals surface area contributed by atoms with Crippen LogP contribution in [0.2, 0.25) is 0 Å². The molecule has 0 radical (unpaired) electrons. The van der Waals surface area contributed by atoms with Gasteiger partial charge >= 0.3 is 0 Å². The number of benzene rings is 2.